The van der Waals surface area contributed by atoms with E-state index < -0.39 is 0 Å². The number of H-pyrrole nitrogens is 1. The van der Waals surface area contributed by atoms with E-state index in [-0.39, 0.29) is 24.2 Å². The number of nitrogens with one attached hydrogen (secondary N) is 1. The van der Waals surface area contributed by atoms with E-state index in [0.29, 0.717) is 48.8 Å². The predicted molar refractivity (Wildman–Crippen MR) is 137 cm³/mol. The molecule has 4 heterocycles. The maximum Gasteiger partial charge on any atom is 0.246 e. The maximum absolute atomic E-state index is 14.6. The van der Waals surface area contributed by atoms with Gasteiger partial charge in [-0.25, -0.2) is 14.4 Å². The Bertz CT molecular complexity index is 1590. The lowest BCUT2D eigenvalue weighted by atomic mass is 9.90. The molecule has 4 aromatic rings. The van der Waals surface area contributed by atoms with Crippen molar-refractivity contribution in [1.82, 2.24) is 25.1 Å². The Hall–Kier alpha value is -4.52. The summed E-state index contributed by atoms with van der Waals surface area (Å²) in [6.45, 7) is 5.60. The van der Waals surface area contributed by atoms with Crippen LogP contribution in [0.3, 0.4) is 0 Å². The van der Waals surface area contributed by atoms with E-state index in [1.807, 2.05) is 6.07 Å². The minimum absolute atomic E-state index is 0.182. The van der Waals surface area contributed by atoms with Crippen molar-refractivity contribution in [2.24, 2.45) is 0 Å². The average Bonchev–Trinajstić information content (AvgIpc) is 3.40. The number of benzene rings is 2. The molecule has 2 aliphatic heterocycles. The van der Waals surface area contributed by atoms with E-state index in [4.69, 9.17) is 4.74 Å². The number of carbonyl (C=O) groups excluding carboxylic acids is 1. The van der Waals surface area contributed by atoms with Gasteiger partial charge in [0.25, 0.3) is 0 Å². The summed E-state index contributed by atoms with van der Waals surface area (Å²) in [5, 5.41) is 18.0. The van der Waals surface area contributed by atoms with Crippen LogP contribution >= 0.6 is 0 Å². The van der Waals surface area contributed by atoms with Gasteiger partial charge >= 0.3 is 0 Å². The van der Waals surface area contributed by atoms with E-state index in [0.717, 1.165) is 40.3 Å². The molecule has 6 rings (SSSR count). The summed E-state index contributed by atoms with van der Waals surface area (Å²) in [6.07, 6.45) is 6.31. The first kappa shape index (κ1) is 22.9. The SMILES string of the molecule is C=CC(=O)N1CCN(c2ncnc3cc(-c4cc(F)cc5[nH]ncc45)c4c(c23)OCCC4)CC1CC#N. The Balaban J connectivity index is 1.50. The molecule has 1 amide bonds. The monoisotopic (exact) mass is 497 g/mol. The number of aromatic nitrogens is 4. The second kappa shape index (κ2) is 9.17. The quantitative estimate of drug-likeness (QED) is 0.428. The molecule has 10 heteroatoms. The minimum atomic E-state index is -0.351. The van der Waals surface area contributed by atoms with E-state index in [9.17, 15) is 14.4 Å². The van der Waals surface area contributed by atoms with Crippen molar-refractivity contribution >= 4 is 33.5 Å². The fourth-order valence-electron chi connectivity index (χ4n) is 5.50. The van der Waals surface area contributed by atoms with Gasteiger partial charge in [0.1, 0.15) is 23.7 Å². The lowest BCUT2D eigenvalue weighted by Crippen LogP contribution is -2.55. The van der Waals surface area contributed by atoms with Gasteiger partial charge in [-0.15, -0.1) is 0 Å². The van der Waals surface area contributed by atoms with Gasteiger partial charge in [-0.1, -0.05) is 6.58 Å². The zero-order valence-electron chi connectivity index (χ0n) is 20.1. The first-order chi connectivity index (χ1) is 18.1. The van der Waals surface area contributed by atoms with Crippen molar-refractivity contribution < 1.29 is 13.9 Å². The van der Waals surface area contributed by atoms with Gasteiger partial charge in [-0.2, -0.15) is 10.4 Å². The number of carbonyl (C=O) groups is 1. The minimum Gasteiger partial charge on any atom is -0.492 e. The van der Waals surface area contributed by atoms with Crippen LogP contribution in [-0.2, 0) is 11.2 Å². The van der Waals surface area contributed by atoms with Gasteiger partial charge < -0.3 is 14.5 Å². The van der Waals surface area contributed by atoms with Gasteiger partial charge in [0.2, 0.25) is 5.91 Å². The lowest BCUT2D eigenvalue weighted by molar-refractivity contribution is -0.128. The zero-order valence-corrected chi connectivity index (χ0v) is 20.1. The normalized spacial score (nSPS) is 17.4. The molecule has 0 aliphatic carbocycles. The number of hydrogen-bond donors (Lipinski definition) is 1. The average molecular weight is 498 g/mol. The van der Waals surface area contributed by atoms with Gasteiger partial charge in [-0.05, 0) is 48.2 Å². The molecule has 9 nitrogen and oxygen atoms in total. The first-order valence-corrected chi connectivity index (χ1v) is 12.2. The maximum atomic E-state index is 14.6. The number of anilines is 1. The zero-order chi connectivity index (χ0) is 25.5. The van der Waals surface area contributed by atoms with Crippen molar-refractivity contribution in [2.75, 3.05) is 31.1 Å². The highest BCUT2D eigenvalue weighted by Gasteiger charge is 2.32. The third-order valence-electron chi connectivity index (χ3n) is 7.16. The summed E-state index contributed by atoms with van der Waals surface area (Å²) < 4.78 is 20.8. The third kappa shape index (κ3) is 3.83. The number of rotatable bonds is 4. The predicted octanol–water partition coefficient (Wildman–Crippen LogP) is 3.75. The van der Waals surface area contributed by atoms with E-state index in [1.165, 1.54) is 24.5 Å². The van der Waals surface area contributed by atoms with Gasteiger partial charge in [-0.3, -0.25) is 9.89 Å². The molecule has 0 bridgehead atoms. The van der Waals surface area contributed by atoms with Crippen LogP contribution < -0.4 is 9.64 Å². The van der Waals surface area contributed by atoms with Gasteiger partial charge in [0.05, 0.1) is 47.8 Å². The van der Waals surface area contributed by atoms with Crippen LogP contribution in [0.15, 0.2) is 43.4 Å². The molecule has 186 valence electrons. The smallest absolute Gasteiger partial charge is 0.246 e. The van der Waals surface area contributed by atoms with Crippen LogP contribution in [-0.4, -0.2) is 63.3 Å². The molecule has 1 unspecified atom stereocenters. The van der Waals surface area contributed by atoms with E-state index >= 15 is 0 Å². The van der Waals surface area contributed by atoms with Crippen LogP contribution in [0.2, 0.25) is 0 Å². The van der Waals surface area contributed by atoms with Crippen LogP contribution in [0.4, 0.5) is 10.2 Å². The number of nitriles is 1. The molecule has 37 heavy (non-hydrogen) atoms. The third-order valence-corrected chi connectivity index (χ3v) is 7.16. The highest BCUT2D eigenvalue weighted by atomic mass is 19.1. The number of aromatic amines is 1. The second-order valence-corrected chi connectivity index (χ2v) is 9.26. The molecule has 1 saturated heterocycles. The summed E-state index contributed by atoms with van der Waals surface area (Å²) in [4.78, 5) is 25.4. The van der Waals surface area contributed by atoms with Gasteiger partial charge in [0.15, 0.2) is 0 Å². The largest absolute Gasteiger partial charge is 0.492 e. The number of nitrogens with zero attached hydrogens (tertiary/aromatic N) is 6. The van der Waals surface area contributed by atoms with Crippen LogP contribution in [0.1, 0.15) is 18.4 Å². The molecular weight excluding hydrogens is 473 g/mol. The molecule has 1 atom stereocenters. The second-order valence-electron chi connectivity index (χ2n) is 9.26. The summed E-state index contributed by atoms with van der Waals surface area (Å²) >= 11 is 0. The Morgan fingerprint density at radius 3 is 3.03 bits per heavy atom. The number of piperazine rings is 1. The molecule has 2 aliphatic rings. The van der Waals surface area contributed by atoms with Crippen molar-refractivity contribution in [3.05, 3.63) is 54.8 Å². The van der Waals surface area contributed by atoms with Gasteiger partial charge in [0, 0.05) is 30.6 Å². The number of fused-ring (bicyclic) bond motifs is 4. The first-order valence-electron chi connectivity index (χ1n) is 12.2. The van der Waals surface area contributed by atoms with Crippen LogP contribution in [0.25, 0.3) is 32.9 Å². The standard InChI is InChI=1S/C27H24FN7O2/c1-2-24(36)35-8-7-34(14-17(35)5-6-29)27-25-23(30-15-31-27)12-20(18-4-3-9-37-26(18)25)19-10-16(28)11-22-21(19)13-32-33-22/h2,10-13,15,17H,1,3-5,7-9,14H2,(H,32,33). The number of ether oxygens (including phenoxy) is 1. The summed E-state index contributed by atoms with van der Waals surface area (Å²) in [6, 6.07) is 6.85. The lowest BCUT2D eigenvalue weighted by Gasteiger charge is -2.41. The molecule has 1 fully saturated rings. The van der Waals surface area contributed by atoms with Crippen molar-refractivity contribution in [1.29, 1.82) is 5.26 Å². The van der Waals surface area contributed by atoms with Crippen LogP contribution in [0.5, 0.6) is 5.75 Å². The highest BCUT2D eigenvalue weighted by Crippen LogP contribution is 2.44. The molecule has 2 aromatic heterocycles. The molecule has 1 N–H and O–H groups in total. The number of amides is 1. The van der Waals surface area contributed by atoms with Crippen molar-refractivity contribution in [2.45, 2.75) is 25.3 Å². The summed E-state index contributed by atoms with van der Waals surface area (Å²) in [7, 11) is 0. The summed E-state index contributed by atoms with van der Waals surface area (Å²) in [5.41, 5.74) is 3.89. The number of halogens is 1. The summed E-state index contributed by atoms with van der Waals surface area (Å²) in [5.74, 6) is 0.877. The van der Waals surface area contributed by atoms with E-state index in [1.54, 1.807) is 11.1 Å². The molecular formula is C27H24FN7O2. The topological polar surface area (TPSA) is 111 Å². The molecule has 0 spiro atoms. The molecule has 2 aromatic carbocycles. The van der Waals surface area contributed by atoms with Crippen LogP contribution in [0, 0.1) is 17.1 Å². The fourth-order valence-corrected chi connectivity index (χ4v) is 5.50. The molecule has 0 radical (unpaired) electrons. The Labute approximate surface area is 212 Å². The van der Waals surface area contributed by atoms with Crippen molar-refractivity contribution in [3.63, 3.8) is 0 Å². The Morgan fingerprint density at radius 2 is 2.19 bits per heavy atom. The fraction of sp³-hybridized carbons (Fsp3) is 0.296. The Morgan fingerprint density at radius 1 is 1.30 bits per heavy atom. The Kier molecular flexibility index (Phi) is 5.68. The van der Waals surface area contributed by atoms with Crippen molar-refractivity contribution in [3.8, 4) is 22.9 Å². The molecule has 0 saturated carbocycles. The number of hydrogen-bond acceptors (Lipinski definition) is 7. The highest BCUT2D eigenvalue weighted by molar-refractivity contribution is 6.03. The van der Waals surface area contributed by atoms with E-state index in [2.05, 4.69) is 37.7 Å².